The summed E-state index contributed by atoms with van der Waals surface area (Å²) >= 11 is 2.91. The predicted octanol–water partition coefficient (Wildman–Crippen LogP) is 2.63. The van der Waals surface area contributed by atoms with Crippen molar-refractivity contribution >= 4 is 21.7 Å². The number of ether oxygens (including phenoxy) is 1. The van der Waals surface area contributed by atoms with Crippen molar-refractivity contribution in [1.82, 2.24) is 4.98 Å². The van der Waals surface area contributed by atoms with Crippen molar-refractivity contribution in [2.45, 2.75) is 13.3 Å². The molecule has 0 aliphatic carbocycles. The maximum atomic E-state index is 11.9. The van der Waals surface area contributed by atoms with E-state index in [1.165, 1.54) is 6.07 Å². The summed E-state index contributed by atoms with van der Waals surface area (Å²) in [5, 5.41) is 0. The first kappa shape index (κ1) is 11.1. The van der Waals surface area contributed by atoms with Crippen LogP contribution >= 0.6 is 15.9 Å². The Hall–Kier alpha value is -0.980. The maximum absolute atomic E-state index is 11.9. The molecule has 0 unspecified atom stereocenters. The first-order valence-electron chi connectivity index (χ1n) is 3.48. The number of hydrogen-bond donors (Lipinski definition) is 1. The van der Waals surface area contributed by atoms with Crippen molar-refractivity contribution < 1.29 is 17.9 Å². The number of nitrogens with two attached hydrogens (primary N) is 1. The van der Waals surface area contributed by atoms with Gasteiger partial charge in [-0.3, -0.25) is 0 Å². The van der Waals surface area contributed by atoms with E-state index in [2.05, 4.69) is 25.7 Å². The minimum atomic E-state index is -4.77. The van der Waals surface area contributed by atoms with E-state index in [4.69, 9.17) is 5.73 Å². The van der Waals surface area contributed by atoms with Gasteiger partial charge in [0.2, 0.25) is 0 Å². The predicted molar refractivity (Wildman–Crippen MR) is 47.8 cm³/mol. The van der Waals surface area contributed by atoms with E-state index in [-0.39, 0.29) is 10.3 Å². The van der Waals surface area contributed by atoms with Gasteiger partial charge >= 0.3 is 6.36 Å². The fourth-order valence-electron chi connectivity index (χ4n) is 0.861. The average Bonchev–Trinajstić information content (AvgIpc) is 1.95. The van der Waals surface area contributed by atoms with Gasteiger partial charge in [-0.15, -0.1) is 13.2 Å². The summed E-state index contributed by atoms with van der Waals surface area (Å²) in [6, 6.07) is 1.39. The summed E-state index contributed by atoms with van der Waals surface area (Å²) in [5.74, 6) is -0.808. The minimum absolute atomic E-state index is 0.125. The van der Waals surface area contributed by atoms with Gasteiger partial charge in [-0.25, -0.2) is 4.98 Å². The Balaban J connectivity index is 3.09. The van der Waals surface area contributed by atoms with E-state index in [1.54, 1.807) is 6.92 Å². The van der Waals surface area contributed by atoms with Gasteiger partial charge in [0.25, 0.3) is 0 Å². The summed E-state index contributed by atoms with van der Waals surface area (Å²) in [4.78, 5) is 3.64. The van der Waals surface area contributed by atoms with Gasteiger partial charge in [0.05, 0.1) is 4.47 Å². The number of alkyl halides is 3. The van der Waals surface area contributed by atoms with Gasteiger partial charge in [-0.2, -0.15) is 0 Å². The Labute approximate surface area is 86.2 Å². The van der Waals surface area contributed by atoms with E-state index in [9.17, 15) is 13.2 Å². The van der Waals surface area contributed by atoms with Gasteiger partial charge in [-0.1, -0.05) is 0 Å². The van der Waals surface area contributed by atoms with E-state index in [1.807, 2.05) is 0 Å². The third kappa shape index (κ3) is 2.76. The van der Waals surface area contributed by atoms with Gasteiger partial charge in [0.15, 0.2) is 11.6 Å². The van der Waals surface area contributed by atoms with Crippen LogP contribution in [0.1, 0.15) is 5.69 Å². The van der Waals surface area contributed by atoms with E-state index < -0.39 is 12.1 Å². The lowest BCUT2D eigenvalue weighted by atomic mass is 10.3. The highest BCUT2D eigenvalue weighted by Crippen LogP contribution is 2.34. The minimum Gasteiger partial charge on any atom is -0.401 e. The lowest BCUT2D eigenvalue weighted by Crippen LogP contribution is -2.18. The maximum Gasteiger partial charge on any atom is 0.573 e. The zero-order valence-electron chi connectivity index (χ0n) is 7.02. The number of hydrogen-bond acceptors (Lipinski definition) is 3. The fraction of sp³-hybridized carbons (Fsp3) is 0.286. The standard InChI is InChI=1S/C7H6BrF3N2O/c1-3-2-4(8)5(6(12)13-3)14-7(9,10)11/h2H,1H3,(H2,12,13). The fourth-order valence-corrected chi connectivity index (χ4v) is 1.48. The highest BCUT2D eigenvalue weighted by atomic mass is 79.9. The van der Waals surface area contributed by atoms with Crippen LogP contribution in [0, 0.1) is 6.92 Å². The summed E-state index contributed by atoms with van der Waals surface area (Å²) in [6.45, 7) is 1.61. The van der Waals surface area contributed by atoms with Gasteiger partial charge in [-0.05, 0) is 28.9 Å². The lowest BCUT2D eigenvalue weighted by molar-refractivity contribution is -0.274. The molecule has 0 amide bonds. The Bertz CT molecular complexity index is 330. The molecule has 0 aliphatic heterocycles. The molecule has 0 aliphatic rings. The van der Waals surface area contributed by atoms with E-state index in [0.717, 1.165) is 0 Å². The normalized spacial score (nSPS) is 11.5. The van der Waals surface area contributed by atoms with Crippen molar-refractivity contribution in [3.05, 3.63) is 16.2 Å². The second-order valence-electron chi connectivity index (χ2n) is 2.51. The molecule has 1 heterocycles. The van der Waals surface area contributed by atoms with Gasteiger partial charge in [0, 0.05) is 5.69 Å². The molecular formula is C7H6BrF3N2O. The lowest BCUT2D eigenvalue weighted by Gasteiger charge is -2.12. The number of halogens is 4. The summed E-state index contributed by atoms with van der Waals surface area (Å²) in [7, 11) is 0. The van der Waals surface area contributed by atoms with Crippen molar-refractivity contribution in [3.8, 4) is 5.75 Å². The molecule has 0 radical (unpaired) electrons. The molecule has 0 spiro atoms. The Kier molecular flexibility index (Phi) is 2.89. The molecule has 1 aromatic rings. The molecule has 78 valence electrons. The van der Waals surface area contributed by atoms with Crippen LogP contribution in [0.4, 0.5) is 19.0 Å². The van der Waals surface area contributed by atoms with Crippen LogP contribution in [0.5, 0.6) is 5.75 Å². The number of nitrogens with zero attached hydrogens (tertiary/aromatic N) is 1. The molecule has 1 aromatic heterocycles. The molecular weight excluding hydrogens is 265 g/mol. The second kappa shape index (κ2) is 3.64. The molecule has 1 rings (SSSR count). The average molecular weight is 271 g/mol. The molecule has 0 saturated heterocycles. The number of anilines is 1. The number of aromatic nitrogens is 1. The van der Waals surface area contributed by atoms with Crippen LogP contribution in [-0.4, -0.2) is 11.3 Å². The van der Waals surface area contributed by atoms with Crippen LogP contribution in [0.15, 0.2) is 10.5 Å². The summed E-state index contributed by atoms with van der Waals surface area (Å²) in [6.07, 6.45) is -4.77. The van der Waals surface area contributed by atoms with Crippen LogP contribution in [0.25, 0.3) is 0 Å². The third-order valence-corrected chi connectivity index (χ3v) is 1.89. The van der Waals surface area contributed by atoms with Gasteiger partial charge in [0.1, 0.15) is 0 Å². The zero-order chi connectivity index (χ0) is 10.9. The number of nitrogen functional groups attached to an aromatic ring is 1. The molecule has 0 atom stereocenters. The van der Waals surface area contributed by atoms with Crippen LogP contribution in [0.2, 0.25) is 0 Å². The van der Waals surface area contributed by atoms with Crippen molar-refractivity contribution in [2.75, 3.05) is 5.73 Å². The molecule has 2 N–H and O–H groups in total. The van der Waals surface area contributed by atoms with Crippen LogP contribution in [-0.2, 0) is 0 Å². The molecule has 0 fully saturated rings. The molecule has 0 aromatic carbocycles. The molecule has 3 nitrogen and oxygen atoms in total. The zero-order valence-corrected chi connectivity index (χ0v) is 8.61. The summed E-state index contributed by atoms with van der Waals surface area (Å²) < 4.78 is 39.4. The largest absolute Gasteiger partial charge is 0.573 e. The topological polar surface area (TPSA) is 48.1 Å². The molecule has 14 heavy (non-hydrogen) atoms. The highest BCUT2D eigenvalue weighted by molar-refractivity contribution is 9.10. The SMILES string of the molecule is Cc1cc(Br)c(OC(F)(F)F)c(N)n1. The van der Waals surface area contributed by atoms with Crippen molar-refractivity contribution in [1.29, 1.82) is 0 Å². The van der Waals surface area contributed by atoms with Crippen LogP contribution in [0.3, 0.4) is 0 Å². The Morgan fingerprint density at radius 3 is 2.50 bits per heavy atom. The number of pyridine rings is 1. The van der Waals surface area contributed by atoms with Crippen LogP contribution < -0.4 is 10.5 Å². The highest BCUT2D eigenvalue weighted by Gasteiger charge is 2.33. The second-order valence-corrected chi connectivity index (χ2v) is 3.36. The van der Waals surface area contributed by atoms with E-state index in [0.29, 0.717) is 5.69 Å². The number of rotatable bonds is 1. The third-order valence-electron chi connectivity index (χ3n) is 1.30. The number of aryl methyl sites for hydroxylation is 1. The molecule has 0 saturated carbocycles. The van der Waals surface area contributed by atoms with Crippen molar-refractivity contribution in [3.63, 3.8) is 0 Å². The van der Waals surface area contributed by atoms with E-state index >= 15 is 0 Å². The summed E-state index contributed by atoms with van der Waals surface area (Å²) in [5.41, 5.74) is 5.77. The quantitative estimate of drug-likeness (QED) is 0.854. The first-order chi connectivity index (χ1) is 6.29. The monoisotopic (exact) mass is 270 g/mol. The smallest absolute Gasteiger partial charge is 0.401 e. The Morgan fingerprint density at radius 1 is 1.50 bits per heavy atom. The Morgan fingerprint density at radius 2 is 2.07 bits per heavy atom. The molecule has 7 heteroatoms. The first-order valence-corrected chi connectivity index (χ1v) is 4.27. The molecule has 0 bridgehead atoms. The van der Waals surface area contributed by atoms with Gasteiger partial charge < -0.3 is 10.5 Å². The van der Waals surface area contributed by atoms with Crippen molar-refractivity contribution in [2.24, 2.45) is 0 Å².